The van der Waals surface area contributed by atoms with Crippen molar-refractivity contribution in [1.29, 1.82) is 0 Å². The SMILES string of the molecule is O=C(CN1CCC(C(=O)N2CCCC2)CC1)Nc1cc(Cl)ccc1F. The molecule has 0 radical (unpaired) electrons. The van der Waals surface area contributed by atoms with Crippen molar-refractivity contribution in [3.8, 4) is 0 Å². The second kappa shape index (κ2) is 8.15. The first-order chi connectivity index (χ1) is 12.0. The highest BCUT2D eigenvalue weighted by molar-refractivity contribution is 6.30. The van der Waals surface area contributed by atoms with Crippen LogP contribution in [0.5, 0.6) is 0 Å². The third-order valence-electron chi connectivity index (χ3n) is 4.92. The molecular formula is C18H23ClFN3O2. The number of carbonyl (C=O) groups is 2. The van der Waals surface area contributed by atoms with Crippen molar-refractivity contribution in [2.24, 2.45) is 5.92 Å². The van der Waals surface area contributed by atoms with Crippen molar-refractivity contribution in [1.82, 2.24) is 9.80 Å². The fourth-order valence-corrected chi connectivity index (χ4v) is 3.69. The highest BCUT2D eigenvalue weighted by Crippen LogP contribution is 2.23. The van der Waals surface area contributed by atoms with Gasteiger partial charge in [-0.2, -0.15) is 0 Å². The summed E-state index contributed by atoms with van der Waals surface area (Å²) in [5, 5.41) is 2.93. The van der Waals surface area contributed by atoms with E-state index in [2.05, 4.69) is 5.32 Å². The Morgan fingerprint density at radius 3 is 2.52 bits per heavy atom. The fraction of sp³-hybridized carbons (Fsp3) is 0.556. The molecule has 3 rings (SSSR count). The van der Waals surface area contributed by atoms with E-state index in [1.54, 1.807) is 0 Å². The average Bonchev–Trinajstić information content (AvgIpc) is 3.13. The van der Waals surface area contributed by atoms with Crippen LogP contribution in [-0.4, -0.2) is 54.3 Å². The highest BCUT2D eigenvalue weighted by atomic mass is 35.5. The number of halogens is 2. The molecule has 1 aromatic rings. The summed E-state index contributed by atoms with van der Waals surface area (Å²) in [6, 6.07) is 4.07. The van der Waals surface area contributed by atoms with Crippen LogP contribution in [0.3, 0.4) is 0 Å². The molecule has 0 bridgehead atoms. The summed E-state index contributed by atoms with van der Waals surface area (Å²) in [6.45, 7) is 3.36. The molecule has 2 heterocycles. The molecule has 2 amide bonds. The molecule has 0 atom stereocenters. The Kier molecular flexibility index (Phi) is 5.91. The van der Waals surface area contributed by atoms with Crippen LogP contribution in [0.4, 0.5) is 10.1 Å². The second-order valence-corrected chi connectivity index (χ2v) is 7.19. The summed E-state index contributed by atoms with van der Waals surface area (Å²) < 4.78 is 13.7. The standard InChI is InChI=1S/C18H23ClFN3O2/c19-14-3-4-15(20)16(11-14)21-17(24)12-22-9-5-13(6-10-22)18(25)23-7-1-2-8-23/h3-4,11,13H,1-2,5-10,12H2,(H,21,24). The van der Waals surface area contributed by atoms with Gasteiger partial charge >= 0.3 is 0 Å². The van der Waals surface area contributed by atoms with E-state index in [0.717, 1.165) is 38.8 Å². The molecule has 2 saturated heterocycles. The largest absolute Gasteiger partial charge is 0.342 e. The maximum Gasteiger partial charge on any atom is 0.238 e. The first-order valence-electron chi connectivity index (χ1n) is 8.79. The molecule has 0 spiro atoms. The van der Waals surface area contributed by atoms with E-state index in [1.165, 1.54) is 18.2 Å². The average molecular weight is 368 g/mol. The first-order valence-corrected chi connectivity index (χ1v) is 9.17. The Hall–Kier alpha value is -1.66. The van der Waals surface area contributed by atoms with Gasteiger partial charge in [0.1, 0.15) is 5.82 Å². The van der Waals surface area contributed by atoms with E-state index in [1.807, 2.05) is 9.80 Å². The third-order valence-corrected chi connectivity index (χ3v) is 5.16. The zero-order valence-corrected chi connectivity index (χ0v) is 14.9. The van der Waals surface area contributed by atoms with Crippen LogP contribution in [0.1, 0.15) is 25.7 Å². The van der Waals surface area contributed by atoms with Crippen LogP contribution in [0.25, 0.3) is 0 Å². The number of anilines is 1. The van der Waals surface area contributed by atoms with E-state index >= 15 is 0 Å². The van der Waals surface area contributed by atoms with Crippen LogP contribution in [0.2, 0.25) is 5.02 Å². The van der Waals surface area contributed by atoms with Gasteiger partial charge in [0.15, 0.2) is 0 Å². The molecule has 2 fully saturated rings. The quantitative estimate of drug-likeness (QED) is 0.890. The van der Waals surface area contributed by atoms with E-state index < -0.39 is 5.82 Å². The number of rotatable bonds is 4. The van der Waals surface area contributed by atoms with Gasteiger partial charge in [-0.05, 0) is 57.0 Å². The summed E-state index contributed by atoms with van der Waals surface area (Å²) in [5.74, 6) is -0.441. The van der Waals surface area contributed by atoms with E-state index in [0.29, 0.717) is 18.1 Å². The molecule has 1 aromatic carbocycles. The molecule has 0 saturated carbocycles. The minimum absolute atomic E-state index is 0.0720. The smallest absolute Gasteiger partial charge is 0.238 e. The summed E-state index contributed by atoms with van der Waals surface area (Å²) in [6.07, 6.45) is 3.75. The zero-order chi connectivity index (χ0) is 17.8. The fourth-order valence-electron chi connectivity index (χ4n) is 3.52. The molecule has 2 aliphatic heterocycles. The van der Waals surface area contributed by atoms with Crippen molar-refractivity contribution in [2.45, 2.75) is 25.7 Å². The molecule has 2 aliphatic rings. The number of nitrogens with zero attached hydrogens (tertiary/aromatic N) is 2. The van der Waals surface area contributed by atoms with Gasteiger partial charge in [0.05, 0.1) is 12.2 Å². The van der Waals surface area contributed by atoms with Gasteiger partial charge in [-0.25, -0.2) is 4.39 Å². The number of amides is 2. The number of piperidine rings is 1. The summed E-state index contributed by atoms with van der Waals surface area (Å²) in [4.78, 5) is 28.5. The van der Waals surface area contributed by atoms with Gasteiger partial charge in [-0.1, -0.05) is 11.6 Å². The second-order valence-electron chi connectivity index (χ2n) is 6.76. The van der Waals surface area contributed by atoms with Gasteiger partial charge in [0.2, 0.25) is 11.8 Å². The Morgan fingerprint density at radius 2 is 1.84 bits per heavy atom. The molecule has 0 unspecified atom stereocenters. The van der Waals surface area contributed by atoms with Crippen LogP contribution >= 0.6 is 11.6 Å². The predicted molar refractivity (Wildman–Crippen MR) is 95.0 cm³/mol. The Morgan fingerprint density at radius 1 is 1.16 bits per heavy atom. The molecule has 0 aromatic heterocycles. The summed E-state index contributed by atoms with van der Waals surface area (Å²) in [5.41, 5.74) is 0.0941. The Balaban J connectivity index is 1.46. The monoisotopic (exact) mass is 367 g/mol. The predicted octanol–water partition coefficient (Wildman–Crippen LogP) is 2.75. The number of nitrogens with one attached hydrogen (secondary N) is 1. The van der Waals surface area contributed by atoms with E-state index in [9.17, 15) is 14.0 Å². The van der Waals surface area contributed by atoms with Crippen molar-refractivity contribution >= 4 is 29.1 Å². The van der Waals surface area contributed by atoms with Crippen LogP contribution in [0.15, 0.2) is 18.2 Å². The van der Waals surface area contributed by atoms with Crippen LogP contribution in [0, 0.1) is 11.7 Å². The van der Waals surface area contributed by atoms with Crippen molar-refractivity contribution in [2.75, 3.05) is 38.0 Å². The third kappa shape index (κ3) is 4.70. The summed E-state index contributed by atoms with van der Waals surface area (Å²) in [7, 11) is 0. The highest BCUT2D eigenvalue weighted by Gasteiger charge is 2.30. The first kappa shape index (κ1) is 18.1. The Bertz CT molecular complexity index is 641. The normalized spacial score (nSPS) is 19.2. The maximum atomic E-state index is 13.7. The minimum atomic E-state index is -0.507. The lowest BCUT2D eigenvalue weighted by Gasteiger charge is -2.32. The molecule has 5 nitrogen and oxygen atoms in total. The zero-order valence-electron chi connectivity index (χ0n) is 14.1. The van der Waals surface area contributed by atoms with Gasteiger partial charge in [-0.3, -0.25) is 14.5 Å². The molecule has 7 heteroatoms. The number of benzene rings is 1. The van der Waals surface area contributed by atoms with Gasteiger partial charge in [0.25, 0.3) is 0 Å². The van der Waals surface area contributed by atoms with Crippen molar-refractivity contribution in [3.05, 3.63) is 29.0 Å². The number of hydrogen-bond acceptors (Lipinski definition) is 3. The van der Waals surface area contributed by atoms with Crippen LogP contribution < -0.4 is 5.32 Å². The van der Waals surface area contributed by atoms with Crippen molar-refractivity contribution < 1.29 is 14.0 Å². The van der Waals surface area contributed by atoms with E-state index in [4.69, 9.17) is 11.6 Å². The maximum absolute atomic E-state index is 13.7. The molecule has 136 valence electrons. The lowest BCUT2D eigenvalue weighted by atomic mass is 9.95. The lowest BCUT2D eigenvalue weighted by molar-refractivity contribution is -0.136. The number of hydrogen-bond donors (Lipinski definition) is 1. The minimum Gasteiger partial charge on any atom is -0.342 e. The van der Waals surface area contributed by atoms with Gasteiger partial charge in [-0.15, -0.1) is 0 Å². The Labute approximate surface area is 152 Å². The molecular weight excluding hydrogens is 345 g/mol. The molecule has 1 N–H and O–H groups in total. The lowest BCUT2D eigenvalue weighted by Crippen LogP contribution is -2.43. The van der Waals surface area contributed by atoms with E-state index in [-0.39, 0.29) is 30.0 Å². The number of carbonyl (C=O) groups excluding carboxylic acids is 2. The number of likely N-dealkylation sites (tertiary alicyclic amines) is 2. The van der Waals surface area contributed by atoms with Crippen LogP contribution in [-0.2, 0) is 9.59 Å². The summed E-state index contributed by atoms with van der Waals surface area (Å²) >= 11 is 5.83. The van der Waals surface area contributed by atoms with Gasteiger partial charge in [0, 0.05) is 24.0 Å². The van der Waals surface area contributed by atoms with Gasteiger partial charge < -0.3 is 10.2 Å². The topological polar surface area (TPSA) is 52.7 Å². The van der Waals surface area contributed by atoms with Crippen molar-refractivity contribution in [3.63, 3.8) is 0 Å². The molecule has 25 heavy (non-hydrogen) atoms. The molecule has 0 aliphatic carbocycles.